The molecule has 0 aliphatic heterocycles. The fraction of sp³-hybridized carbons (Fsp3) is 0.308. The molecule has 1 aromatic heterocycles. The monoisotopic (exact) mass is 329 g/mol. The highest BCUT2D eigenvalue weighted by Crippen LogP contribution is 2.18. The van der Waals surface area contributed by atoms with E-state index in [1.54, 1.807) is 6.92 Å². The maximum atomic E-state index is 14.0. The molecule has 120 valence electrons. The summed E-state index contributed by atoms with van der Waals surface area (Å²) in [6.45, 7) is 1.62. The predicted octanol–water partition coefficient (Wildman–Crippen LogP) is 1.08. The Morgan fingerprint density at radius 1 is 1.41 bits per heavy atom. The summed E-state index contributed by atoms with van der Waals surface area (Å²) in [5.74, 6) is -0.913. The number of hydrogen-bond acceptors (Lipinski definition) is 4. The molecule has 2 aromatic rings. The number of methoxy groups -OCH3 is 1. The molecule has 0 aliphatic rings. The van der Waals surface area contributed by atoms with E-state index in [0.29, 0.717) is 0 Å². The summed E-state index contributed by atoms with van der Waals surface area (Å²) < 4.78 is 46.2. The predicted molar refractivity (Wildman–Crippen MR) is 80.2 cm³/mol. The van der Waals surface area contributed by atoms with Gasteiger partial charge in [-0.2, -0.15) is 0 Å². The highest BCUT2D eigenvalue weighted by atomic mass is 32.2. The van der Waals surface area contributed by atoms with E-state index in [2.05, 4.69) is 9.82 Å². The Morgan fingerprint density at radius 2 is 2.14 bits per heavy atom. The minimum absolute atomic E-state index is 0.0963. The molecule has 0 saturated heterocycles. The number of halogens is 1. The Labute approximate surface area is 126 Å². The molecule has 7 nitrogen and oxygen atoms in total. The van der Waals surface area contributed by atoms with Gasteiger partial charge in [0.15, 0.2) is 5.82 Å². The van der Waals surface area contributed by atoms with Crippen LogP contribution in [0.2, 0.25) is 0 Å². The summed E-state index contributed by atoms with van der Waals surface area (Å²) in [4.78, 5) is 11.1. The van der Waals surface area contributed by atoms with Crippen LogP contribution in [0.5, 0.6) is 0 Å². The highest BCUT2D eigenvalue weighted by molar-refractivity contribution is 7.92. The number of aromatic nitrogens is 2. The zero-order valence-corrected chi connectivity index (χ0v) is 12.9. The summed E-state index contributed by atoms with van der Waals surface area (Å²) in [5.41, 5.74) is -0.160. The number of aromatic amines is 1. The molecular formula is C13H16FN3O4S. The molecule has 0 saturated carbocycles. The molecule has 1 unspecified atom stereocenters. The van der Waals surface area contributed by atoms with Gasteiger partial charge in [-0.05, 0) is 19.1 Å². The smallest absolute Gasteiger partial charge is 0.264 e. The van der Waals surface area contributed by atoms with Crippen LogP contribution in [-0.2, 0) is 14.8 Å². The van der Waals surface area contributed by atoms with Crippen molar-refractivity contribution in [3.05, 3.63) is 46.6 Å². The van der Waals surface area contributed by atoms with Crippen LogP contribution in [0, 0.1) is 5.82 Å². The van der Waals surface area contributed by atoms with Crippen molar-refractivity contribution in [1.82, 2.24) is 9.78 Å². The maximum Gasteiger partial charge on any atom is 0.264 e. The van der Waals surface area contributed by atoms with Crippen molar-refractivity contribution < 1.29 is 17.5 Å². The van der Waals surface area contributed by atoms with E-state index < -0.39 is 21.9 Å². The van der Waals surface area contributed by atoms with E-state index in [4.69, 9.17) is 4.74 Å². The first-order valence-corrected chi connectivity index (χ1v) is 8.07. The van der Waals surface area contributed by atoms with Crippen molar-refractivity contribution in [3.8, 4) is 5.69 Å². The van der Waals surface area contributed by atoms with Crippen LogP contribution in [0.3, 0.4) is 0 Å². The lowest BCUT2D eigenvalue weighted by Crippen LogP contribution is -2.25. The number of nitrogens with zero attached hydrogens (tertiary/aromatic N) is 1. The van der Waals surface area contributed by atoms with Gasteiger partial charge in [0.2, 0.25) is 10.0 Å². The number of benzene rings is 1. The summed E-state index contributed by atoms with van der Waals surface area (Å²) in [6.07, 6.45) is 0.900. The van der Waals surface area contributed by atoms with E-state index >= 15 is 0 Å². The molecule has 1 aromatic carbocycles. The van der Waals surface area contributed by atoms with Gasteiger partial charge in [-0.15, -0.1) is 0 Å². The van der Waals surface area contributed by atoms with Gasteiger partial charge in [-0.1, -0.05) is 0 Å². The molecule has 0 spiro atoms. The second-order valence-corrected chi connectivity index (χ2v) is 6.52. The number of sulfonamides is 1. The molecule has 2 rings (SSSR count). The van der Waals surface area contributed by atoms with Gasteiger partial charge in [0, 0.05) is 25.4 Å². The lowest BCUT2D eigenvalue weighted by atomic mass is 10.3. The van der Waals surface area contributed by atoms with Crippen LogP contribution in [0.25, 0.3) is 5.69 Å². The van der Waals surface area contributed by atoms with Crippen molar-refractivity contribution in [1.29, 1.82) is 0 Å². The molecule has 2 N–H and O–H groups in total. The topological polar surface area (TPSA) is 93.2 Å². The normalized spacial score (nSPS) is 13.0. The average Bonchev–Trinajstić information content (AvgIpc) is 2.84. The maximum absolute atomic E-state index is 14.0. The van der Waals surface area contributed by atoms with Gasteiger partial charge in [0.25, 0.3) is 5.56 Å². The third-order valence-corrected chi connectivity index (χ3v) is 4.40. The van der Waals surface area contributed by atoms with Crippen LogP contribution < -0.4 is 10.3 Å². The van der Waals surface area contributed by atoms with Gasteiger partial charge in [0.05, 0.1) is 23.2 Å². The molecule has 0 amide bonds. The van der Waals surface area contributed by atoms with Crippen LogP contribution >= 0.6 is 0 Å². The molecule has 1 heterocycles. The number of ether oxygens (including phenoxy) is 1. The highest BCUT2D eigenvalue weighted by Gasteiger charge is 2.16. The van der Waals surface area contributed by atoms with Gasteiger partial charge in [-0.3, -0.25) is 19.3 Å². The van der Waals surface area contributed by atoms with Gasteiger partial charge >= 0.3 is 0 Å². The van der Waals surface area contributed by atoms with Gasteiger partial charge in [0.1, 0.15) is 0 Å². The summed E-state index contributed by atoms with van der Waals surface area (Å²) in [7, 11) is -2.23. The van der Waals surface area contributed by atoms with E-state index in [1.807, 2.05) is 0 Å². The Kier molecular flexibility index (Phi) is 4.67. The van der Waals surface area contributed by atoms with Crippen molar-refractivity contribution in [2.45, 2.75) is 13.0 Å². The Hall–Kier alpha value is -2.13. The molecule has 9 heteroatoms. The molecule has 22 heavy (non-hydrogen) atoms. The molecule has 0 aliphatic carbocycles. The summed E-state index contributed by atoms with van der Waals surface area (Å²) in [6, 6.07) is 5.07. The zero-order chi connectivity index (χ0) is 16.3. The van der Waals surface area contributed by atoms with Gasteiger partial charge < -0.3 is 4.74 Å². The first-order chi connectivity index (χ1) is 10.3. The molecule has 0 radical (unpaired) electrons. The quantitative estimate of drug-likeness (QED) is 0.829. The van der Waals surface area contributed by atoms with Crippen LogP contribution in [0.15, 0.2) is 35.3 Å². The third kappa shape index (κ3) is 3.95. The van der Waals surface area contributed by atoms with Gasteiger partial charge in [-0.25, -0.2) is 12.8 Å². The van der Waals surface area contributed by atoms with Crippen molar-refractivity contribution in [3.63, 3.8) is 0 Å². The second-order valence-electron chi connectivity index (χ2n) is 4.76. The molecule has 0 fully saturated rings. The Balaban J connectivity index is 2.21. The first-order valence-electron chi connectivity index (χ1n) is 6.41. The number of hydrogen-bond donors (Lipinski definition) is 2. The Bertz CT molecular complexity index is 813. The second kappa shape index (κ2) is 6.32. The number of rotatable bonds is 6. The molecule has 1 atom stereocenters. The van der Waals surface area contributed by atoms with Crippen LogP contribution in [-0.4, -0.2) is 37.2 Å². The summed E-state index contributed by atoms with van der Waals surface area (Å²) >= 11 is 0. The Morgan fingerprint density at radius 3 is 2.68 bits per heavy atom. The third-order valence-electron chi connectivity index (χ3n) is 2.94. The summed E-state index contributed by atoms with van der Waals surface area (Å²) in [5, 5.41) is 2.40. The zero-order valence-electron chi connectivity index (χ0n) is 12.0. The number of H-pyrrole nitrogens is 1. The van der Waals surface area contributed by atoms with E-state index in [9.17, 15) is 17.6 Å². The largest absolute Gasteiger partial charge is 0.381 e. The lowest BCUT2D eigenvalue weighted by molar-refractivity contribution is 0.136. The lowest BCUT2D eigenvalue weighted by Gasteiger charge is -2.13. The molecular weight excluding hydrogens is 313 g/mol. The average molecular weight is 329 g/mol. The number of anilines is 1. The fourth-order valence-electron chi connectivity index (χ4n) is 1.84. The standard InChI is InChI=1S/C13H16FN3O4S/c1-9(21-2)8-22(19,20)16-10-3-4-12(11(14)7-10)17-6-5-13(18)15-17/h3-7,9,16H,8H2,1-2H3,(H,15,18). The van der Waals surface area contributed by atoms with Crippen LogP contribution in [0.1, 0.15) is 6.92 Å². The van der Waals surface area contributed by atoms with E-state index in [1.165, 1.54) is 36.2 Å². The fourth-order valence-corrected chi connectivity index (χ4v) is 3.16. The van der Waals surface area contributed by atoms with Crippen molar-refractivity contribution >= 4 is 15.7 Å². The van der Waals surface area contributed by atoms with Crippen molar-refractivity contribution in [2.75, 3.05) is 17.6 Å². The number of nitrogens with one attached hydrogen (secondary N) is 2. The molecule has 0 bridgehead atoms. The van der Waals surface area contributed by atoms with Crippen molar-refractivity contribution in [2.24, 2.45) is 0 Å². The van der Waals surface area contributed by atoms with Crippen LogP contribution in [0.4, 0.5) is 10.1 Å². The van der Waals surface area contributed by atoms with E-state index in [0.717, 1.165) is 6.07 Å². The van der Waals surface area contributed by atoms with E-state index in [-0.39, 0.29) is 22.7 Å². The first kappa shape index (κ1) is 16.2. The minimum atomic E-state index is -3.64. The minimum Gasteiger partial charge on any atom is -0.381 e. The SMILES string of the molecule is COC(C)CS(=O)(=O)Nc1ccc(-n2ccc(=O)[nH]2)c(F)c1.